The van der Waals surface area contributed by atoms with E-state index < -0.39 is 0 Å². The molecule has 0 N–H and O–H groups in total. The van der Waals surface area contributed by atoms with Crippen molar-refractivity contribution in [1.82, 2.24) is 0 Å². The van der Waals surface area contributed by atoms with Gasteiger partial charge in [0.2, 0.25) is 0 Å². The molecule has 10 atom stereocenters. The highest BCUT2D eigenvalue weighted by atomic mass is 14.8. The molecule has 0 nitrogen and oxygen atoms in total. The van der Waals surface area contributed by atoms with Crippen LogP contribution in [0.3, 0.4) is 0 Å². The molecule has 5 aliphatic rings. The van der Waals surface area contributed by atoms with E-state index in [-0.39, 0.29) is 0 Å². The van der Waals surface area contributed by atoms with E-state index in [4.69, 9.17) is 0 Å². The Labute approximate surface area is 233 Å². The summed E-state index contributed by atoms with van der Waals surface area (Å²) in [7, 11) is 0. The van der Waals surface area contributed by atoms with Crippen molar-refractivity contribution in [2.24, 2.45) is 78.3 Å². The van der Waals surface area contributed by atoms with Gasteiger partial charge in [-0.05, 0) is 130 Å². The van der Waals surface area contributed by atoms with Gasteiger partial charge in [-0.1, -0.05) is 104 Å². The minimum absolute atomic E-state index is 0.308. The Morgan fingerprint density at radius 3 is 1.73 bits per heavy atom. The number of fused-ring (bicyclic) bond motifs is 7. The first-order valence-electron chi connectivity index (χ1n) is 16.5. The zero-order chi connectivity index (χ0) is 28.0. The first-order valence-corrected chi connectivity index (χ1v) is 16.5. The van der Waals surface area contributed by atoms with E-state index in [0.29, 0.717) is 48.7 Å². The van der Waals surface area contributed by atoms with Crippen molar-refractivity contribution < 1.29 is 0 Å². The highest BCUT2D eigenvalue weighted by molar-refractivity contribution is 5.25. The largest absolute Gasteiger partial charge is 0.0622 e. The second-order valence-electron chi connectivity index (χ2n) is 19.5. The summed E-state index contributed by atoms with van der Waals surface area (Å²) in [5.41, 5.74) is 3.64. The fourth-order valence-corrected chi connectivity index (χ4v) is 14.4. The van der Waals surface area contributed by atoms with E-state index in [1.807, 2.05) is 0 Å². The molecule has 0 radical (unpaired) electrons. The minimum Gasteiger partial charge on any atom is -0.0622 e. The van der Waals surface area contributed by atoms with Gasteiger partial charge in [0, 0.05) is 0 Å². The summed E-state index contributed by atoms with van der Waals surface area (Å²) in [4.78, 5) is 0. The van der Waals surface area contributed by atoms with Gasteiger partial charge in [0.25, 0.3) is 0 Å². The van der Waals surface area contributed by atoms with Gasteiger partial charge < -0.3 is 0 Å². The zero-order valence-corrected chi connectivity index (χ0v) is 28.0. The van der Waals surface area contributed by atoms with Crippen molar-refractivity contribution in [3.8, 4) is 0 Å². The molecule has 37 heavy (non-hydrogen) atoms. The molecule has 0 aromatic heterocycles. The number of hydrogen-bond acceptors (Lipinski definition) is 0. The average Bonchev–Trinajstić information content (AvgIpc) is 2.74. The maximum absolute atomic E-state index is 2.84. The summed E-state index contributed by atoms with van der Waals surface area (Å²) >= 11 is 0. The molecule has 0 aromatic rings. The van der Waals surface area contributed by atoms with Crippen LogP contribution in [0.25, 0.3) is 0 Å². The lowest BCUT2D eigenvalue weighted by Crippen LogP contribution is -2.74. The van der Waals surface area contributed by atoms with Crippen LogP contribution in [-0.4, -0.2) is 0 Å². The Bertz CT molecular complexity index is 949. The van der Waals surface area contributed by atoms with Crippen molar-refractivity contribution in [1.29, 1.82) is 0 Å². The molecule has 0 heterocycles. The molecule has 5 unspecified atom stereocenters. The lowest BCUT2D eigenvalue weighted by Gasteiger charge is -2.81. The predicted octanol–water partition coefficient (Wildman–Crippen LogP) is 11.4. The van der Waals surface area contributed by atoms with Gasteiger partial charge in [-0.2, -0.15) is 0 Å². The topological polar surface area (TPSA) is 0 Å². The summed E-state index contributed by atoms with van der Waals surface area (Å²) in [6.07, 6.45) is 11.6. The first-order chi connectivity index (χ1) is 16.5. The molecule has 0 amide bonds. The fourth-order valence-electron chi connectivity index (χ4n) is 14.4. The normalized spacial score (nSPS) is 57.3. The van der Waals surface area contributed by atoms with Crippen LogP contribution < -0.4 is 0 Å². The average molecular weight is 511 g/mol. The van der Waals surface area contributed by atoms with Crippen molar-refractivity contribution in [2.75, 3.05) is 0 Å². The van der Waals surface area contributed by atoms with Gasteiger partial charge in [0.15, 0.2) is 0 Å². The summed E-state index contributed by atoms with van der Waals surface area (Å²) in [6.45, 7) is 40.4. The standard InChI is InChI=1S/C37H66/c1-24-22-27-33(11)18-16-25(2)30(5,6)26(33)17-19-34(27,12)35(13)20-21-37(15)32(9,10)31(7,8)29(3,4)23-36(37,14)28(24)35/h24-28H,16-23H2,1-15H3/t24?,25-,26?,27?,28?,33-,34+,35+,36-,37?/m0/s1. The molecule has 0 aliphatic heterocycles. The highest BCUT2D eigenvalue weighted by Crippen LogP contribution is 2.84. The van der Waals surface area contributed by atoms with E-state index in [0.717, 1.165) is 29.6 Å². The van der Waals surface area contributed by atoms with Gasteiger partial charge in [-0.3, -0.25) is 0 Å². The molecule has 214 valence electrons. The van der Waals surface area contributed by atoms with E-state index in [2.05, 4.69) is 104 Å². The Kier molecular flexibility index (Phi) is 5.73. The fraction of sp³-hybridized carbons (Fsp3) is 1.00. The SMILES string of the molecule is CC1CC2[C@@]3(C)CC[C@H](C)C(C)(C)C3CC[C@@]2(C)[C@]2(C)CCC3(C)C(C)(C)C(C)(C)C(C)(C)C[C@@]3(C)C12. The minimum atomic E-state index is 0.308. The van der Waals surface area contributed by atoms with Crippen LogP contribution in [0, 0.1) is 78.3 Å². The predicted molar refractivity (Wildman–Crippen MR) is 161 cm³/mol. The third-order valence-electron chi connectivity index (χ3n) is 18.3. The van der Waals surface area contributed by atoms with E-state index >= 15 is 0 Å². The Balaban J connectivity index is 1.64. The Hall–Kier alpha value is 0. The first kappa shape index (κ1) is 28.5. The molecule has 0 heteroatoms. The molecular formula is C37H66. The van der Waals surface area contributed by atoms with Crippen LogP contribution in [0.1, 0.15) is 155 Å². The van der Waals surface area contributed by atoms with Crippen molar-refractivity contribution in [3.63, 3.8) is 0 Å². The molecule has 5 fully saturated rings. The third kappa shape index (κ3) is 2.89. The van der Waals surface area contributed by atoms with Gasteiger partial charge in [-0.15, -0.1) is 0 Å². The highest BCUT2D eigenvalue weighted by Gasteiger charge is 2.77. The molecule has 0 saturated heterocycles. The molecular weight excluding hydrogens is 444 g/mol. The monoisotopic (exact) mass is 511 g/mol. The van der Waals surface area contributed by atoms with Crippen LogP contribution in [-0.2, 0) is 0 Å². The smallest absolute Gasteiger partial charge is 0.0212 e. The Morgan fingerprint density at radius 1 is 0.541 bits per heavy atom. The summed E-state index contributed by atoms with van der Waals surface area (Å²) in [5, 5.41) is 0. The van der Waals surface area contributed by atoms with Gasteiger partial charge in [-0.25, -0.2) is 0 Å². The number of hydrogen-bond donors (Lipinski definition) is 0. The van der Waals surface area contributed by atoms with Crippen molar-refractivity contribution in [3.05, 3.63) is 0 Å². The third-order valence-corrected chi connectivity index (χ3v) is 18.3. The summed E-state index contributed by atoms with van der Waals surface area (Å²) in [5.74, 6) is 4.29. The second kappa shape index (κ2) is 7.44. The van der Waals surface area contributed by atoms with Crippen molar-refractivity contribution >= 4 is 0 Å². The van der Waals surface area contributed by atoms with Crippen LogP contribution >= 0.6 is 0 Å². The van der Waals surface area contributed by atoms with Crippen LogP contribution in [0.5, 0.6) is 0 Å². The lowest BCUT2D eigenvalue weighted by molar-refractivity contribution is -0.327. The van der Waals surface area contributed by atoms with E-state index in [1.54, 1.807) is 0 Å². The summed E-state index contributed by atoms with van der Waals surface area (Å²) < 4.78 is 0. The molecule has 5 rings (SSSR count). The molecule has 5 aliphatic carbocycles. The van der Waals surface area contributed by atoms with Crippen LogP contribution in [0.2, 0.25) is 0 Å². The van der Waals surface area contributed by atoms with Crippen LogP contribution in [0.4, 0.5) is 0 Å². The Morgan fingerprint density at radius 2 is 1.14 bits per heavy atom. The van der Waals surface area contributed by atoms with Gasteiger partial charge in [0.1, 0.15) is 0 Å². The summed E-state index contributed by atoms with van der Waals surface area (Å²) in [6, 6.07) is 0. The quantitative estimate of drug-likeness (QED) is 0.304. The van der Waals surface area contributed by atoms with Gasteiger partial charge >= 0.3 is 0 Å². The maximum Gasteiger partial charge on any atom is -0.0212 e. The molecule has 0 aromatic carbocycles. The second-order valence-corrected chi connectivity index (χ2v) is 19.5. The van der Waals surface area contributed by atoms with Gasteiger partial charge in [0.05, 0.1) is 0 Å². The molecule has 0 spiro atoms. The zero-order valence-electron chi connectivity index (χ0n) is 28.0. The molecule has 5 saturated carbocycles. The lowest BCUT2D eigenvalue weighted by atomic mass is 9.23. The van der Waals surface area contributed by atoms with E-state index in [1.165, 1.54) is 51.4 Å². The maximum atomic E-state index is 2.84. The van der Waals surface area contributed by atoms with E-state index in [9.17, 15) is 0 Å². The van der Waals surface area contributed by atoms with Crippen molar-refractivity contribution in [2.45, 2.75) is 155 Å². The van der Waals surface area contributed by atoms with Crippen LogP contribution in [0.15, 0.2) is 0 Å². The molecule has 0 bridgehead atoms. The number of rotatable bonds is 0.